The lowest BCUT2D eigenvalue weighted by atomic mass is 10.1. The Balaban J connectivity index is 1.69. The number of aryl methyl sites for hydroxylation is 1. The molecule has 3 aromatic heterocycles. The summed E-state index contributed by atoms with van der Waals surface area (Å²) in [4.78, 5) is 29.5. The molecule has 1 N–H and O–H groups in total. The molecule has 0 saturated carbocycles. The number of aromatic nitrogens is 5. The van der Waals surface area contributed by atoms with Crippen molar-refractivity contribution in [3.8, 4) is 22.8 Å². The molecular formula is C25H20Cl2F3N5O3. The van der Waals surface area contributed by atoms with Gasteiger partial charge < -0.3 is 9.84 Å². The van der Waals surface area contributed by atoms with E-state index in [4.69, 9.17) is 27.9 Å². The van der Waals surface area contributed by atoms with Crippen molar-refractivity contribution < 1.29 is 23.0 Å². The van der Waals surface area contributed by atoms with Gasteiger partial charge in [-0.1, -0.05) is 35.3 Å². The van der Waals surface area contributed by atoms with Crippen LogP contribution in [0.4, 0.5) is 13.2 Å². The molecule has 0 saturated heterocycles. The van der Waals surface area contributed by atoms with Gasteiger partial charge in [0.2, 0.25) is 5.88 Å². The van der Waals surface area contributed by atoms with Gasteiger partial charge in [0.15, 0.2) is 10.8 Å². The Morgan fingerprint density at radius 1 is 1.05 bits per heavy atom. The minimum Gasteiger partial charge on any atom is -0.470 e. The molecule has 0 bridgehead atoms. The van der Waals surface area contributed by atoms with Crippen LogP contribution >= 0.6 is 23.2 Å². The average molecular weight is 566 g/mol. The van der Waals surface area contributed by atoms with E-state index in [0.29, 0.717) is 11.3 Å². The quantitative estimate of drug-likeness (QED) is 0.328. The fourth-order valence-corrected chi connectivity index (χ4v) is 3.86. The Hall–Kier alpha value is -3.54. The third-order valence-electron chi connectivity index (χ3n) is 5.31. The van der Waals surface area contributed by atoms with E-state index in [0.717, 1.165) is 6.07 Å². The van der Waals surface area contributed by atoms with E-state index in [2.05, 4.69) is 19.9 Å². The van der Waals surface area contributed by atoms with Gasteiger partial charge in [-0.15, -0.1) is 0 Å². The SMILES string of the molecule is Cc1nc(OCc2cccc(C(F)(F)F)n2)c(Cl)c(=O)n1-c1cc(-c2ccnc(C(C)(C)O)n2)ccc1Cl. The van der Waals surface area contributed by atoms with Crippen LogP contribution in [-0.2, 0) is 18.4 Å². The second-order valence-corrected chi connectivity index (χ2v) is 9.50. The summed E-state index contributed by atoms with van der Waals surface area (Å²) < 4.78 is 45.4. The fraction of sp³-hybridized carbons (Fsp3) is 0.240. The van der Waals surface area contributed by atoms with Crippen LogP contribution in [0.3, 0.4) is 0 Å². The Morgan fingerprint density at radius 2 is 1.79 bits per heavy atom. The first-order valence-electron chi connectivity index (χ1n) is 11.1. The minimum atomic E-state index is -4.61. The third kappa shape index (κ3) is 5.79. The molecule has 0 aliphatic heterocycles. The molecule has 8 nitrogen and oxygen atoms in total. The van der Waals surface area contributed by atoms with Gasteiger partial charge >= 0.3 is 6.18 Å². The highest BCUT2D eigenvalue weighted by Crippen LogP contribution is 2.30. The number of nitrogens with zero attached hydrogens (tertiary/aromatic N) is 5. The molecule has 4 aromatic rings. The molecule has 13 heteroatoms. The first-order valence-corrected chi connectivity index (χ1v) is 11.8. The predicted molar refractivity (Wildman–Crippen MR) is 134 cm³/mol. The number of benzene rings is 1. The van der Waals surface area contributed by atoms with Gasteiger partial charge in [0, 0.05) is 11.8 Å². The molecule has 1 aromatic carbocycles. The summed E-state index contributed by atoms with van der Waals surface area (Å²) in [5.41, 5.74) is -1.75. The normalized spacial score (nSPS) is 12.0. The summed E-state index contributed by atoms with van der Waals surface area (Å²) in [5.74, 6) is 0.106. The lowest BCUT2D eigenvalue weighted by molar-refractivity contribution is -0.141. The van der Waals surface area contributed by atoms with Crippen LogP contribution in [0.2, 0.25) is 10.0 Å². The van der Waals surface area contributed by atoms with E-state index < -0.39 is 34.7 Å². The third-order valence-corrected chi connectivity index (χ3v) is 5.95. The fourth-order valence-electron chi connectivity index (χ4n) is 3.48. The first kappa shape index (κ1) is 27.5. The molecule has 0 fully saturated rings. The highest BCUT2D eigenvalue weighted by molar-refractivity contribution is 6.33. The second kappa shape index (κ2) is 10.3. The highest BCUT2D eigenvalue weighted by atomic mass is 35.5. The number of alkyl halides is 3. The smallest absolute Gasteiger partial charge is 0.433 e. The summed E-state index contributed by atoms with van der Waals surface area (Å²) in [5, 5.41) is 10.1. The molecule has 0 atom stereocenters. The maximum atomic E-state index is 13.2. The lowest BCUT2D eigenvalue weighted by Gasteiger charge is -2.17. The Bertz CT molecular complexity index is 1570. The zero-order valence-corrected chi connectivity index (χ0v) is 21.7. The molecule has 3 heterocycles. The van der Waals surface area contributed by atoms with Gasteiger partial charge in [0.05, 0.1) is 22.1 Å². The van der Waals surface area contributed by atoms with E-state index in [-0.39, 0.29) is 33.9 Å². The van der Waals surface area contributed by atoms with Crippen LogP contribution in [0, 0.1) is 6.92 Å². The Kier molecular flexibility index (Phi) is 7.46. The summed E-state index contributed by atoms with van der Waals surface area (Å²) in [6.45, 7) is 4.24. The van der Waals surface area contributed by atoms with Crippen molar-refractivity contribution in [1.82, 2.24) is 24.5 Å². The maximum absolute atomic E-state index is 13.2. The van der Waals surface area contributed by atoms with Crippen molar-refractivity contribution in [1.29, 1.82) is 0 Å². The number of rotatable bonds is 6. The van der Waals surface area contributed by atoms with E-state index in [1.54, 1.807) is 38.1 Å². The van der Waals surface area contributed by atoms with E-state index in [1.165, 1.54) is 29.8 Å². The molecule has 38 heavy (non-hydrogen) atoms. The zero-order chi connectivity index (χ0) is 27.8. The number of ether oxygens (including phenoxy) is 1. The van der Waals surface area contributed by atoms with Crippen LogP contribution in [0.25, 0.3) is 16.9 Å². The number of halogens is 5. The first-order chi connectivity index (χ1) is 17.8. The van der Waals surface area contributed by atoms with E-state index >= 15 is 0 Å². The standard InChI is InChI=1S/C25H20Cl2F3N5O3/c1-13-32-21(38-12-15-5-4-6-19(33-15)25(28,29)30)20(27)22(36)35(13)18-11-14(7-8-16(18)26)17-9-10-31-23(34-17)24(2,3)37/h4-11,37H,12H2,1-3H3. The topological polar surface area (TPSA) is 103 Å². The van der Waals surface area contributed by atoms with Crippen LogP contribution in [0.15, 0.2) is 53.5 Å². The molecule has 0 unspecified atom stereocenters. The molecule has 0 aliphatic rings. The Morgan fingerprint density at radius 3 is 2.47 bits per heavy atom. The second-order valence-electron chi connectivity index (χ2n) is 8.71. The zero-order valence-electron chi connectivity index (χ0n) is 20.2. The van der Waals surface area contributed by atoms with Crippen molar-refractivity contribution in [2.45, 2.75) is 39.2 Å². The number of aliphatic hydroxyl groups is 1. The van der Waals surface area contributed by atoms with Crippen molar-refractivity contribution in [2.24, 2.45) is 0 Å². The Labute approximate surface area is 224 Å². The van der Waals surface area contributed by atoms with Crippen LogP contribution in [0.5, 0.6) is 5.88 Å². The molecule has 4 rings (SSSR count). The maximum Gasteiger partial charge on any atom is 0.433 e. The van der Waals surface area contributed by atoms with Crippen molar-refractivity contribution in [3.05, 3.63) is 92.1 Å². The van der Waals surface area contributed by atoms with Crippen LogP contribution < -0.4 is 10.3 Å². The van der Waals surface area contributed by atoms with Gasteiger partial charge in [-0.25, -0.2) is 15.0 Å². The molecule has 0 radical (unpaired) electrons. The monoisotopic (exact) mass is 565 g/mol. The van der Waals surface area contributed by atoms with Crippen molar-refractivity contribution in [2.75, 3.05) is 0 Å². The molecule has 198 valence electrons. The molecule has 0 amide bonds. The summed E-state index contributed by atoms with van der Waals surface area (Å²) >= 11 is 12.7. The van der Waals surface area contributed by atoms with Gasteiger partial charge in [-0.3, -0.25) is 9.36 Å². The molecular weight excluding hydrogens is 546 g/mol. The van der Waals surface area contributed by atoms with E-state index in [9.17, 15) is 23.1 Å². The minimum absolute atomic E-state index is 0.0226. The van der Waals surface area contributed by atoms with Gasteiger partial charge in [-0.05, 0) is 51.1 Å². The van der Waals surface area contributed by atoms with Crippen molar-refractivity contribution in [3.63, 3.8) is 0 Å². The molecule has 0 spiro atoms. The summed E-state index contributed by atoms with van der Waals surface area (Å²) in [7, 11) is 0. The summed E-state index contributed by atoms with van der Waals surface area (Å²) in [6.07, 6.45) is -3.11. The lowest BCUT2D eigenvalue weighted by Crippen LogP contribution is -2.24. The molecule has 0 aliphatic carbocycles. The van der Waals surface area contributed by atoms with E-state index in [1.807, 2.05) is 0 Å². The predicted octanol–water partition coefficient (Wildman–Crippen LogP) is 5.52. The highest BCUT2D eigenvalue weighted by Gasteiger charge is 2.32. The van der Waals surface area contributed by atoms with Crippen LogP contribution in [-0.4, -0.2) is 29.6 Å². The number of hydrogen-bond donors (Lipinski definition) is 1. The average Bonchev–Trinajstić information content (AvgIpc) is 2.86. The van der Waals surface area contributed by atoms with Crippen LogP contribution in [0.1, 0.15) is 36.9 Å². The van der Waals surface area contributed by atoms with Gasteiger partial charge in [-0.2, -0.15) is 18.2 Å². The number of hydrogen-bond acceptors (Lipinski definition) is 7. The largest absolute Gasteiger partial charge is 0.470 e. The van der Waals surface area contributed by atoms with Gasteiger partial charge in [0.25, 0.3) is 5.56 Å². The van der Waals surface area contributed by atoms with Crippen molar-refractivity contribution >= 4 is 23.2 Å². The number of pyridine rings is 1. The van der Waals surface area contributed by atoms with Gasteiger partial charge in [0.1, 0.15) is 23.7 Å². The summed E-state index contributed by atoms with van der Waals surface area (Å²) in [6, 6.07) is 9.90.